The lowest BCUT2D eigenvalue weighted by molar-refractivity contribution is -0.384. The Labute approximate surface area is 244 Å². The van der Waals surface area contributed by atoms with Gasteiger partial charge in [0.2, 0.25) is 17.7 Å². The first-order valence-electron chi connectivity index (χ1n) is 12.4. The van der Waals surface area contributed by atoms with Gasteiger partial charge >= 0.3 is 4.87 Å². The van der Waals surface area contributed by atoms with E-state index in [4.69, 9.17) is 4.74 Å². The summed E-state index contributed by atoms with van der Waals surface area (Å²) in [6.45, 7) is 1.57. The highest BCUT2D eigenvalue weighted by molar-refractivity contribution is 9.10. The maximum Gasteiger partial charge on any atom is 0.308 e. The van der Waals surface area contributed by atoms with Crippen LogP contribution < -0.4 is 9.77 Å². The molecule has 0 aliphatic carbocycles. The second-order valence-electron chi connectivity index (χ2n) is 9.50. The van der Waals surface area contributed by atoms with Crippen molar-refractivity contribution in [3.8, 4) is 0 Å². The molecule has 1 aromatic heterocycles. The third-order valence-electron chi connectivity index (χ3n) is 7.23. The van der Waals surface area contributed by atoms with Gasteiger partial charge in [0, 0.05) is 40.5 Å². The van der Waals surface area contributed by atoms with E-state index in [1.807, 2.05) is 24.3 Å². The van der Waals surface area contributed by atoms with Crippen LogP contribution in [-0.2, 0) is 25.7 Å². The van der Waals surface area contributed by atoms with Crippen molar-refractivity contribution in [2.24, 2.45) is 5.92 Å². The number of ether oxygens (including phenoxy) is 1. The molecule has 0 saturated carbocycles. The van der Waals surface area contributed by atoms with Crippen LogP contribution in [0.5, 0.6) is 0 Å². The zero-order valence-electron chi connectivity index (χ0n) is 20.7. The molecule has 4 heterocycles. The Balaban J connectivity index is 1.42. The minimum atomic E-state index is -0.849. The van der Waals surface area contributed by atoms with Crippen molar-refractivity contribution < 1.29 is 24.0 Å². The van der Waals surface area contributed by atoms with Crippen LogP contribution in [0.3, 0.4) is 0 Å². The lowest BCUT2D eigenvalue weighted by atomic mass is 9.83. The number of anilines is 1. The van der Waals surface area contributed by atoms with Crippen molar-refractivity contribution in [2.45, 2.75) is 22.7 Å². The second-order valence-corrected chi connectivity index (χ2v) is 12.5. The molecule has 2 aromatic carbocycles. The number of nitro benzene ring substituents is 1. The van der Waals surface area contributed by atoms with Gasteiger partial charge in [-0.2, -0.15) is 0 Å². The number of rotatable bonds is 5. The third-order valence-corrected chi connectivity index (χ3v) is 10.3. The van der Waals surface area contributed by atoms with Crippen LogP contribution in [0.15, 0.2) is 62.8 Å². The number of nitrogens with zero attached hydrogens (tertiary/aromatic N) is 4. The molecule has 11 nitrogen and oxygen atoms in total. The van der Waals surface area contributed by atoms with E-state index >= 15 is 0 Å². The number of morpholine rings is 1. The lowest BCUT2D eigenvalue weighted by Crippen LogP contribution is -2.43. The van der Waals surface area contributed by atoms with Crippen LogP contribution in [-0.4, -0.2) is 63.7 Å². The minimum absolute atomic E-state index is 0.155. The molecule has 3 aromatic rings. The van der Waals surface area contributed by atoms with Crippen molar-refractivity contribution in [1.29, 1.82) is 0 Å². The highest BCUT2D eigenvalue weighted by atomic mass is 79.9. The van der Waals surface area contributed by atoms with Gasteiger partial charge in [0.25, 0.3) is 5.69 Å². The number of fused-ring (bicyclic) bond motifs is 2. The Hall–Kier alpha value is -3.33. The monoisotopic (exact) mass is 644 g/mol. The number of thioether (sulfide) groups is 1. The molecule has 206 valence electrons. The Kier molecular flexibility index (Phi) is 7.10. The van der Waals surface area contributed by atoms with Gasteiger partial charge in [0.1, 0.15) is 11.8 Å². The van der Waals surface area contributed by atoms with Crippen LogP contribution in [0.25, 0.3) is 0 Å². The Morgan fingerprint density at radius 3 is 2.48 bits per heavy atom. The molecule has 3 amide bonds. The summed E-state index contributed by atoms with van der Waals surface area (Å²) in [5.74, 6) is -2.53. The number of benzene rings is 2. The summed E-state index contributed by atoms with van der Waals surface area (Å²) in [5, 5.41) is 10.8. The van der Waals surface area contributed by atoms with Gasteiger partial charge in [-0.25, -0.2) is 4.90 Å². The molecule has 3 atom stereocenters. The average Bonchev–Trinajstić information content (AvgIpc) is 3.39. The van der Waals surface area contributed by atoms with E-state index in [1.54, 1.807) is 4.90 Å². The summed E-state index contributed by atoms with van der Waals surface area (Å²) in [5.41, 5.74) is 0.843. The number of hydrogen-bond donors (Lipinski definition) is 0. The van der Waals surface area contributed by atoms with Crippen LogP contribution in [0, 0.1) is 16.0 Å². The van der Waals surface area contributed by atoms with Crippen molar-refractivity contribution in [2.75, 3.05) is 31.2 Å². The number of amides is 3. The lowest BCUT2D eigenvalue weighted by Gasteiger charge is -2.31. The van der Waals surface area contributed by atoms with Crippen LogP contribution in [0.1, 0.15) is 16.4 Å². The van der Waals surface area contributed by atoms with E-state index in [2.05, 4.69) is 15.9 Å². The van der Waals surface area contributed by atoms with Gasteiger partial charge < -0.3 is 9.64 Å². The smallest absolute Gasteiger partial charge is 0.308 e. The predicted molar refractivity (Wildman–Crippen MR) is 151 cm³/mol. The summed E-state index contributed by atoms with van der Waals surface area (Å²) in [6.07, 6.45) is 0. The first kappa shape index (κ1) is 26.9. The first-order chi connectivity index (χ1) is 19.2. The topological polar surface area (TPSA) is 132 Å². The van der Waals surface area contributed by atoms with E-state index in [-0.39, 0.29) is 28.7 Å². The number of thiazole rings is 1. The van der Waals surface area contributed by atoms with Gasteiger partial charge in [0.05, 0.1) is 34.8 Å². The fourth-order valence-corrected chi connectivity index (χ4v) is 8.53. The van der Waals surface area contributed by atoms with Gasteiger partial charge in [0.15, 0.2) is 0 Å². The molecule has 3 aliphatic rings. The van der Waals surface area contributed by atoms with Gasteiger partial charge in [-0.15, -0.1) is 0 Å². The molecule has 0 bridgehead atoms. The zero-order chi connectivity index (χ0) is 28.1. The highest BCUT2D eigenvalue weighted by Crippen LogP contribution is 2.54. The van der Waals surface area contributed by atoms with E-state index in [0.717, 1.165) is 38.0 Å². The minimum Gasteiger partial charge on any atom is -0.378 e. The van der Waals surface area contributed by atoms with Crippen LogP contribution >= 0.6 is 39.0 Å². The van der Waals surface area contributed by atoms with Gasteiger partial charge in [-0.3, -0.25) is 33.9 Å². The van der Waals surface area contributed by atoms with Crippen LogP contribution in [0.4, 0.5) is 11.4 Å². The summed E-state index contributed by atoms with van der Waals surface area (Å²) in [6, 6.07) is 12.7. The zero-order valence-corrected chi connectivity index (χ0v) is 23.9. The second kappa shape index (κ2) is 10.6. The molecular formula is C26H21BrN4O7S2. The maximum absolute atomic E-state index is 13.9. The fraction of sp³-hybridized carbons (Fsp3) is 0.308. The Bertz CT molecular complexity index is 1600. The van der Waals surface area contributed by atoms with E-state index in [1.165, 1.54) is 28.8 Å². The molecule has 0 unspecified atom stereocenters. The molecule has 6 rings (SSSR count). The molecule has 0 N–H and O–H groups in total. The summed E-state index contributed by atoms with van der Waals surface area (Å²) in [7, 11) is 0. The number of hydrogen-bond acceptors (Lipinski definition) is 9. The molecule has 2 fully saturated rings. The van der Waals surface area contributed by atoms with Gasteiger partial charge in [-0.1, -0.05) is 51.2 Å². The quantitative estimate of drug-likeness (QED) is 0.235. The molecule has 0 radical (unpaired) electrons. The molecule has 3 aliphatic heterocycles. The van der Waals surface area contributed by atoms with Crippen molar-refractivity contribution in [3.05, 3.63) is 83.2 Å². The van der Waals surface area contributed by atoms with Crippen molar-refractivity contribution >= 4 is 68.1 Å². The molecule has 2 saturated heterocycles. The van der Waals surface area contributed by atoms with E-state index in [9.17, 15) is 29.3 Å². The standard InChI is InChI=1S/C26H21BrN4O7S2/c27-15-3-1-2-14(12-15)19-20-21(24(34)30(23(20)33)16-4-6-17(7-5-16)31(36)37)39-25-22(19)40-26(35)29(25)13-18(32)28-8-10-38-11-9-28/h1-7,12,19-21H,8-11,13H2/t19-,20-,21+/m0/s1. The Morgan fingerprint density at radius 2 is 1.80 bits per heavy atom. The summed E-state index contributed by atoms with van der Waals surface area (Å²) in [4.78, 5) is 67.6. The number of non-ortho nitro benzene ring substituents is 1. The molecule has 14 heteroatoms. The molecule has 40 heavy (non-hydrogen) atoms. The van der Waals surface area contributed by atoms with Gasteiger partial charge in [-0.05, 0) is 29.8 Å². The average molecular weight is 646 g/mol. The summed E-state index contributed by atoms with van der Waals surface area (Å²) >= 11 is 5.60. The number of imide groups is 1. The normalized spacial score (nSPS) is 22.3. The van der Waals surface area contributed by atoms with Crippen LogP contribution in [0.2, 0.25) is 0 Å². The number of aromatic nitrogens is 1. The highest BCUT2D eigenvalue weighted by Gasteiger charge is 2.57. The maximum atomic E-state index is 13.9. The predicted octanol–water partition coefficient (Wildman–Crippen LogP) is 3.24. The summed E-state index contributed by atoms with van der Waals surface area (Å²) < 4.78 is 7.52. The van der Waals surface area contributed by atoms with E-state index in [0.29, 0.717) is 36.2 Å². The number of halogens is 1. The molecule has 0 spiro atoms. The van der Waals surface area contributed by atoms with E-state index < -0.39 is 33.8 Å². The number of carbonyl (C=O) groups excluding carboxylic acids is 3. The molecular weight excluding hydrogens is 624 g/mol. The largest absolute Gasteiger partial charge is 0.378 e. The third kappa shape index (κ3) is 4.58. The van der Waals surface area contributed by atoms with Crippen molar-refractivity contribution in [3.63, 3.8) is 0 Å². The Morgan fingerprint density at radius 1 is 1.07 bits per heavy atom. The van der Waals surface area contributed by atoms with Crippen molar-refractivity contribution in [1.82, 2.24) is 9.47 Å². The first-order valence-corrected chi connectivity index (χ1v) is 14.9. The fourth-order valence-electron chi connectivity index (χ4n) is 5.34. The number of nitro groups is 1. The number of carbonyl (C=O) groups is 3. The SMILES string of the molecule is O=C(Cn1c2c(sc1=O)[C@@H](c1cccc(Br)c1)[C@@H]1C(=O)N(c3ccc([N+](=O)[O-])cc3)C(=O)[C@@H]1S2)N1CCOCC1.